The van der Waals surface area contributed by atoms with Gasteiger partial charge in [-0.2, -0.15) is 0 Å². The fourth-order valence-electron chi connectivity index (χ4n) is 1.47. The number of hydrogen-bond donors (Lipinski definition) is 1. The van der Waals surface area contributed by atoms with Crippen LogP contribution in [0.1, 0.15) is 12.8 Å². The maximum atomic E-state index is 11.6. The molecule has 1 aromatic heterocycles. The lowest BCUT2D eigenvalue weighted by Gasteiger charge is -2.09. The van der Waals surface area contributed by atoms with Crippen molar-refractivity contribution in [3.63, 3.8) is 0 Å². The predicted molar refractivity (Wildman–Crippen MR) is 63.8 cm³/mol. The molecule has 2 aromatic rings. The van der Waals surface area contributed by atoms with E-state index in [1.54, 1.807) is 32.0 Å². The van der Waals surface area contributed by atoms with Crippen LogP contribution < -0.4 is 5.32 Å². The van der Waals surface area contributed by atoms with Gasteiger partial charge in [0.2, 0.25) is 0 Å². The van der Waals surface area contributed by atoms with Crippen molar-refractivity contribution in [2.45, 2.75) is 20.0 Å². The Balaban J connectivity index is 2.22. The summed E-state index contributed by atoms with van der Waals surface area (Å²) < 4.78 is 10.3. The van der Waals surface area contributed by atoms with Gasteiger partial charge in [-0.1, -0.05) is 0 Å². The molecule has 1 N–H and O–H groups in total. The Bertz CT molecular complexity index is 548. The normalized spacial score (nSPS) is 12.6. The Morgan fingerprint density at radius 1 is 1.53 bits per heavy atom. The van der Waals surface area contributed by atoms with Gasteiger partial charge < -0.3 is 14.5 Å². The number of nitrogens with zero attached hydrogens (tertiary/aromatic N) is 1. The standard InChI is InChI=1S/C12H14N2O3/c1-7(16-3)12(15)14-9-4-5-11-10(6-9)13-8(2)17-11/h4-7H,1-3H3,(H,14,15). The summed E-state index contributed by atoms with van der Waals surface area (Å²) >= 11 is 0. The van der Waals surface area contributed by atoms with Crippen molar-refractivity contribution < 1.29 is 13.9 Å². The van der Waals surface area contributed by atoms with E-state index in [1.807, 2.05) is 0 Å². The second-order valence-corrected chi connectivity index (χ2v) is 3.78. The topological polar surface area (TPSA) is 64.4 Å². The highest BCUT2D eigenvalue weighted by Crippen LogP contribution is 2.19. The number of oxazole rings is 1. The molecule has 17 heavy (non-hydrogen) atoms. The van der Waals surface area contributed by atoms with Crippen molar-refractivity contribution in [1.82, 2.24) is 4.98 Å². The molecule has 1 atom stereocenters. The van der Waals surface area contributed by atoms with Crippen molar-refractivity contribution in [3.8, 4) is 0 Å². The highest BCUT2D eigenvalue weighted by Gasteiger charge is 2.12. The zero-order chi connectivity index (χ0) is 12.4. The number of methoxy groups -OCH3 is 1. The molecule has 0 radical (unpaired) electrons. The molecular weight excluding hydrogens is 220 g/mol. The fourth-order valence-corrected chi connectivity index (χ4v) is 1.47. The largest absolute Gasteiger partial charge is 0.441 e. The van der Waals surface area contributed by atoms with E-state index < -0.39 is 6.10 Å². The molecule has 1 heterocycles. The molecular formula is C12H14N2O3. The number of aryl methyl sites for hydroxylation is 1. The van der Waals surface area contributed by atoms with Crippen molar-refractivity contribution in [2.75, 3.05) is 12.4 Å². The van der Waals surface area contributed by atoms with E-state index in [1.165, 1.54) is 7.11 Å². The number of anilines is 1. The third kappa shape index (κ3) is 2.45. The van der Waals surface area contributed by atoms with E-state index in [9.17, 15) is 4.79 Å². The lowest BCUT2D eigenvalue weighted by atomic mass is 10.2. The molecule has 0 saturated heterocycles. The van der Waals surface area contributed by atoms with Crippen LogP contribution >= 0.6 is 0 Å². The summed E-state index contributed by atoms with van der Waals surface area (Å²) in [7, 11) is 1.49. The highest BCUT2D eigenvalue weighted by atomic mass is 16.5. The molecule has 1 aromatic carbocycles. The summed E-state index contributed by atoms with van der Waals surface area (Å²) in [5.41, 5.74) is 2.12. The Hall–Kier alpha value is -1.88. The maximum Gasteiger partial charge on any atom is 0.253 e. The number of aromatic nitrogens is 1. The first kappa shape index (κ1) is 11.6. The summed E-state index contributed by atoms with van der Waals surface area (Å²) in [4.78, 5) is 15.8. The summed E-state index contributed by atoms with van der Waals surface area (Å²) in [5.74, 6) is 0.417. The van der Waals surface area contributed by atoms with Gasteiger partial charge in [0.1, 0.15) is 11.6 Å². The molecule has 0 fully saturated rings. The van der Waals surface area contributed by atoms with Crippen LogP contribution in [0.15, 0.2) is 22.6 Å². The third-order valence-corrected chi connectivity index (χ3v) is 2.48. The van der Waals surface area contributed by atoms with Gasteiger partial charge in [-0.05, 0) is 25.1 Å². The van der Waals surface area contributed by atoms with Crippen LogP contribution in [0.3, 0.4) is 0 Å². The summed E-state index contributed by atoms with van der Waals surface area (Å²) in [6.45, 7) is 3.47. The molecule has 0 spiro atoms. The van der Waals surface area contributed by atoms with Crippen molar-refractivity contribution in [2.24, 2.45) is 0 Å². The summed E-state index contributed by atoms with van der Waals surface area (Å²) in [6, 6.07) is 5.32. The first-order chi connectivity index (χ1) is 8.10. The molecule has 1 amide bonds. The number of carbonyl (C=O) groups is 1. The van der Waals surface area contributed by atoms with E-state index >= 15 is 0 Å². The van der Waals surface area contributed by atoms with Crippen LogP contribution in [0.4, 0.5) is 5.69 Å². The quantitative estimate of drug-likeness (QED) is 0.883. The smallest absolute Gasteiger partial charge is 0.253 e. The summed E-state index contributed by atoms with van der Waals surface area (Å²) in [5, 5.41) is 2.75. The lowest BCUT2D eigenvalue weighted by Crippen LogP contribution is -2.26. The Morgan fingerprint density at radius 3 is 3.00 bits per heavy atom. The fraction of sp³-hybridized carbons (Fsp3) is 0.333. The Labute approximate surface area is 98.8 Å². The number of rotatable bonds is 3. The molecule has 90 valence electrons. The van der Waals surface area contributed by atoms with E-state index in [2.05, 4.69) is 10.3 Å². The maximum absolute atomic E-state index is 11.6. The van der Waals surface area contributed by atoms with E-state index in [0.717, 1.165) is 5.52 Å². The first-order valence-corrected chi connectivity index (χ1v) is 5.31. The van der Waals surface area contributed by atoms with Gasteiger partial charge in [-0.25, -0.2) is 4.98 Å². The molecule has 2 rings (SSSR count). The average molecular weight is 234 g/mol. The van der Waals surface area contributed by atoms with Crippen LogP contribution in [0.2, 0.25) is 0 Å². The monoisotopic (exact) mass is 234 g/mol. The minimum Gasteiger partial charge on any atom is -0.441 e. The number of fused-ring (bicyclic) bond motifs is 1. The zero-order valence-electron chi connectivity index (χ0n) is 9.98. The van der Waals surface area contributed by atoms with Crippen LogP contribution in [-0.4, -0.2) is 24.1 Å². The molecule has 1 unspecified atom stereocenters. The van der Waals surface area contributed by atoms with Gasteiger partial charge in [0.15, 0.2) is 11.5 Å². The number of amides is 1. The number of ether oxygens (including phenoxy) is 1. The Kier molecular flexibility index (Phi) is 3.10. The Morgan fingerprint density at radius 2 is 2.29 bits per heavy atom. The minimum atomic E-state index is -0.482. The molecule has 0 aliphatic rings. The van der Waals surface area contributed by atoms with Crippen LogP contribution in [0.25, 0.3) is 11.1 Å². The number of benzene rings is 1. The number of nitrogens with one attached hydrogen (secondary N) is 1. The molecule has 5 nitrogen and oxygen atoms in total. The van der Waals surface area contributed by atoms with Crippen molar-refractivity contribution >= 4 is 22.7 Å². The van der Waals surface area contributed by atoms with Gasteiger partial charge in [0.25, 0.3) is 5.91 Å². The number of carbonyl (C=O) groups excluding carboxylic acids is 1. The zero-order valence-corrected chi connectivity index (χ0v) is 9.98. The van der Waals surface area contributed by atoms with E-state index in [0.29, 0.717) is 17.2 Å². The molecule has 0 bridgehead atoms. The molecule has 5 heteroatoms. The van der Waals surface area contributed by atoms with Crippen LogP contribution in [-0.2, 0) is 9.53 Å². The second-order valence-electron chi connectivity index (χ2n) is 3.78. The predicted octanol–water partition coefficient (Wildman–Crippen LogP) is 2.11. The van der Waals surface area contributed by atoms with Crippen molar-refractivity contribution in [3.05, 3.63) is 24.1 Å². The highest BCUT2D eigenvalue weighted by molar-refractivity contribution is 5.95. The van der Waals surface area contributed by atoms with E-state index in [-0.39, 0.29) is 5.91 Å². The SMILES string of the molecule is COC(C)C(=O)Nc1ccc2oc(C)nc2c1. The van der Waals surface area contributed by atoms with Gasteiger partial charge in [-0.15, -0.1) is 0 Å². The van der Waals surface area contributed by atoms with Gasteiger partial charge in [-0.3, -0.25) is 4.79 Å². The van der Waals surface area contributed by atoms with Crippen LogP contribution in [0.5, 0.6) is 0 Å². The molecule has 0 aliphatic carbocycles. The number of hydrogen-bond acceptors (Lipinski definition) is 4. The van der Waals surface area contributed by atoms with Crippen molar-refractivity contribution in [1.29, 1.82) is 0 Å². The van der Waals surface area contributed by atoms with Gasteiger partial charge in [0.05, 0.1) is 0 Å². The molecule has 0 aliphatic heterocycles. The third-order valence-electron chi connectivity index (χ3n) is 2.48. The summed E-state index contributed by atoms with van der Waals surface area (Å²) in [6.07, 6.45) is -0.482. The minimum absolute atomic E-state index is 0.188. The average Bonchev–Trinajstić information content (AvgIpc) is 2.67. The molecule has 0 saturated carbocycles. The van der Waals surface area contributed by atoms with Gasteiger partial charge in [0, 0.05) is 19.7 Å². The second kappa shape index (κ2) is 4.55. The lowest BCUT2D eigenvalue weighted by molar-refractivity contribution is -0.124. The van der Waals surface area contributed by atoms with Gasteiger partial charge >= 0.3 is 0 Å². The van der Waals surface area contributed by atoms with E-state index in [4.69, 9.17) is 9.15 Å². The van der Waals surface area contributed by atoms with Crippen LogP contribution in [0, 0.1) is 6.92 Å². The first-order valence-electron chi connectivity index (χ1n) is 5.31.